The summed E-state index contributed by atoms with van der Waals surface area (Å²) in [7, 11) is 0. The highest BCUT2D eigenvalue weighted by Gasteiger charge is 2.15. The molecule has 4 aromatic rings. The molecule has 0 atom stereocenters. The summed E-state index contributed by atoms with van der Waals surface area (Å²) in [5.41, 5.74) is 4.75. The van der Waals surface area contributed by atoms with Crippen LogP contribution < -0.4 is 14.8 Å². The van der Waals surface area contributed by atoms with Gasteiger partial charge in [0.25, 0.3) is 5.91 Å². The molecule has 1 aliphatic rings. The number of nitrogens with one attached hydrogen (secondary N) is 1. The van der Waals surface area contributed by atoms with Gasteiger partial charge in [0.15, 0.2) is 17.1 Å². The molecule has 1 aliphatic heterocycles. The average molecular weight is 386 g/mol. The summed E-state index contributed by atoms with van der Waals surface area (Å²) < 4.78 is 16.9. The van der Waals surface area contributed by atoms with Crippen LogP contribution in [0.4, 0.5) is 5.69 Å². The fourth-order valence-electron chi connectivity index (χ4n) is 3.24. The van der Waals surface area contributed by atoms with Crippen LogP contribution in [-0.2, 0) is 0 Å². The molecule has 0 fully saturated rings. The Balaban J connectivity index is 1.34. The maximum absolute atomic E-state index is 12.6. The van der Waals surface area contributed by atoms with E-state index in [0.29, 0.717) is 41.9 Å². The number of rotatable bonds is 3. The number of carbonyl (C=O) groups excluding carboxylic acids is 1. The summed E-state index contributed by atoms with van der Waals surface area (Å²) >= 11 is 0. The fourth-order valence-corrected chi connectivity index (χ4v) is 3.24. The van der Waals surface area contributed by atoms with Gasteiger partial charge in [-0.1, -0.05) is 6.07 Å². The quantitative estimate of drug-likeness (QED) is 0.546. The molecule has 0 aliphatic carbocycles. The minimum absolute atomic E-state index is 0.216. The third-order valence-corrected chi connectivity index (χ3v) is 4.74. The third-order valence-electron chi connectivity index (χ3n) is 4.74. The Bertz CT molecular complexity index is 1210. The standard InChI is InChI=1S/C23H18N2O4/c1-14-2-8-19-18(12-14)25-23(29-19)15-3-6-17(7-4-15)24-22(26)16-5-9-20-21(13-16)28-11-10-27-20/h2-9,12-13H,10-11H2,1H3,(H,24,26). The van der Waals surface area contributed by atoms with Gasteiger partial charge in [0.1, 0.15) is 18.7 Å². The van der Waals surface area contributed by atoms with E-state index in [1.54, 1.807) is 18.2 Å². The van der Waals surface area contributed by atoms with Gasteiger partial charge in [-0.3, -0.25) is 4.79 Å². The van der Waals surface area contributed by atoms with Crippen LogP contribution >= 0.6 is 0 Å². The molecule has 0 spiro atoms. The zero-order chi connectivity index (χ0) is 19.8. The van der Waals surface area contributed by atoms with Gasteiger partial charge in [0.05, 0.1) is 0 Å². The maximum Gasteiger partial charge on any atom is 0.255 e. The molecule has 0 radical (unpaired) electrons. The number of aromatic nitrogens is 1. The largest absolute Gasteiger partial charge is 0.486 e. The SMILES string of the molecule is Cc1ccc2oc(-c3ccc(NC(=O)c4ccc5c(c4)OCCO5)cc3)nc2c1. The van der Waals surface area contributed by atoms with Crippen molar-refractivity contribution in [1.29, 1.82) is 0 Å². The second-order valence-electron chi connectivity index (χ2n) is 6.88. The van der Waals surface area contributed by atoms with Crippen molar-refractivity contribution < 1.29 is 18.7 Å². The summed E-state index contributed by atoms with van der Waals surface area (Å²) in [5.74, 6) is 1.58. The molecule has 5 rings (SSSR count). The predicted molar refractivity (Wildman–Crippen MR) is 110 cm³/mol. The van der Waals surface area contributed by atoms with Crippen molar-refractivity contribution >= 4 is 22.7 Å². The van der Waals surface area contributed by atoms with Crippen molar-refractivity contribution in [3.8, 4) is 23.0 Å². The predicted octanol–water partition coefficient (Wildman–Crippen LogP) is 4.83. The number of hydrogen-bond acceptors (Lipinski definition) is 5. The van der Waals surface area contributed by atoms with Crippen molar-refractivity contribution in [1.82, 2.24) is 4.98 Å². The van der Waals surface area contributed by atoms with Crippen molar-refractivity contribution in [3.63, 3.8) is 0 Å². The molecule has 144 valence electrons. The lowest BCUT2D eigenvalue weighted by molar-refractivity contribution is 0.102. The van der Waals surface area contributed by atoms with Gasteiger partial charge in [-0.05, 0) is 67.1 Å². The zero-order valence-corrected chi connectivity index (χ0v) is 15.8. The highest BCUT2D eigenvalue weighted by Crippen LogP contribution is 2.31. The molecule has 1 N–H and O–H groups in total. The molecule has 1 aromatic heterocycles. The maximum atomic E-state index is 12.6. The van der Waals surface area contributed by atoms with E-state index < -0.39 is 0 Å². The minimum atomic E-state index is -0.216. The highest BCUT2D eigenvalue weighted by molar-refractivity contribution is 6.04. The summed E-state index contributed by atoms with van der Waals surface area (Å²) in [6, 6.07) is 18.5. The number of oxazole rings is 1. The molecule has 3 aromatic carbocycles. The van der Waals surface area contributed by atoms with E-state index in [0.717, 1.165) is 22.2 Å². The molecule has 29 heavy (non-hydrogen) atoms. The summed E-state index contributed by atoms with van der Waals surface area (Å²) in [6.07, 6.45) is 0. The van der Waals surface area contributed by atoms with Crippen LogP contribution in [0.3, 0.4) is 0 Å². The first-order valence-corrected chi connectivity index (χ1v) is 9.34. The first-order chi connectivity index (χ1) is 14.2. The second kappa shape index (κ2) is 6.98. The van der Waals surface area contributed by atoms with Gasteiger partial charge in [0.2, 0.25) is 5.89 Å². The number of fused-ring (bicyclic) bond motifs is 2. The van der Waals surface area contributed by atoms with Gasteiger partial charge in [-0.15, -0.1) is 0 Å². The fraction of sp³-hybridized carbons (Fsp3) is 0.130. The monoisotopic (exact) mass is 386 g/mol. The molecular formula is C23H18N2O4. The Morgan fingerprint density at radius 3 is 2.55 bits per heavy atom. The first-order valence-electron chi connectivity index (χ1n) is 9.34. The van der Waals surface area contributed by atoms with Crippen LogP contribution in [0.25, 0.3) is 22.6 Å². The lowest BCUT2D eigenvalue weighted by Gasteiger charge is -2.18. The molecule has 1 amide bonds. The number of ether oxygens (including phenoxy) is 2. The molecule has 0 saturated heterocycles. The van der Waals surface area contributed by atoms with Crippen LogP contribution in [0, 0.1) is 6.92 Å². The first kappa shape index (κ1) is 17.3. The molecular weight excluding hydrogens is 368 g/mol. The van der Waals surface area contributed by atoms with Gasteiger partial charge in [-0.25, -0.2) is 4.98 Å². The molecule has 0 saturated carbocycles. The molecule has 2 heterocycles. The van der Waals surface area contributed by atoms with Crippen LogP contribution in [0.15, 0.2) is 65.1 Å². The number of amides is 1. The van der Waals surface area contributed by atoms with Crippen molar-refractivity contribution in [2.45, 2.75) is 6.92 Å². The number of carbonyl (C=O) groups is 1. The minimum Gasteiger partial charge on any atom is -0.486 e. The Labute approximate surface area is 167 Å². The number of nitrogens with zero attached hydrogens (tertiary/aromatic N) is 1. The Hall–Kier alpha value is -3.80. The van der Waals surface area contributed by atoms with E-state index in [1.165, 1.54) is 0 Å². The molecule has 6 nitrogen and oxygen atoms in total. The third kappa shape index (κ3) is 3.40. The Morgan fingerprint density at radius 1 is 0.931 bits per heavy atom. The van der Waals surface area contributed by atoms with Crippen molar-refractivity contribution in [2.75, 3.05) is 18.5 Å². The Morgan fingerprint density at radius 2 is 1.72 bits per heavy atom. The Kier molecular flexibility index (Phi) is 4.17. The van der Waals surface area contributed by atoms with E-state index in [4.69, 9.17) is 13.9 Å². The number of aryl methyl sites for hydroxylation is 1. The van der Waals surface area contributed by atoms with E-state index in [1.807, 2.05) is 49.4 Å². The number of hydrogen-bond donors (Lipinski definition) is 1. The molecule has 0 bridgehead atoms. The van der Waals surface area contributed by atoms with Crippen molar-refractivity contribution in [3.05, 3.63) is 71.8 Å². The highest BCUT2D eigenvalue weighted by atomic mass is 16.6. The van der Waals surface area contributed by atoms with Gasteiger partial charge >= 0.3 is 0 Å². The van der Waals surface area contributed by atoms with Crippen LogP contribution in [0.1, 0.15) is 15.9 Å². The smallest absolute Gasteiger partial charge is 0.255 e. The van der Waals surface area contributed by atoms with Crippen molar-refractivity contribution in [2.24, 2.45) is 0 Å². The van der Waals surface area contributed by atoms with Gasteiger partial charge in [0, 0.05) is 16.8 Å². The van der Waals surface area contributed by atoms with Gasteiger partial charge < -0.3 is 19.2 Å². The summed E-state index contributed by atoms with van der Waals surface area (Å²) in [5, 5.41) is 2.89. The molecule has 6 heteroatoms. The van der Waals surface area contributed by atoms with E-state index in [-0.39, 0.29) is 5.91 Å². The zero-order valence-electron chi connectivity index (χ0n) is 15.8. The van der Waals surface area contributed by atoms with E-state index in [9.17, 15) is 4.79 Å². The van der Waals surface area contributed by atoms with E-state index in [2.05, 4.69) is 10.3 Å². The molecule has 0 unspecified atom stereocenters. The topological polar surface area (TPSA) is 73.6 Å². The normalized spacial score (nSPS) is 12.7. The van der Waals surface area contributed by atoms with E-state index >= 15 is 0 Å². The lowest BCUT2D eigenvalue weighted by Crippen LogP contribution is -2.17. The number of benzene rings is 3. The summed E-state index contributed by atoms with van der Waals surface area (Å²) in [6.45, 7) is 3.02. The summed E-state index contributed by atoms with van der Waals surface area (Å²) in [4.78, 5) is 17.1. The average Bonchev–Trinajstić information content (AvgIpc) is 3.17. The second-order valence-corrected chi connectivity index (χ2v) is 6.88. The van der Waals surface area contributed by atoms with Gasteiger partial charge in [-0.2, -0.15) is 0 Å². The number of anilines is 1. The van der Waals surface area contributed by atoms with Crippen LogP contribution in [-0.4, -0.2) is 24.1 Å². The van der Waals surface area contributed by atoms with Crippen LogP contribution in [0.2, 0.25) is 0 Å². The van der Waals surface area contributed by atoms with Crippen LogP contribution in [0.5, 0.6) is 11.5 Å². The lowest BCUT2D eigenvalue weighted by atomic mass is 10.1.